The molecule has 1 heterocycles. The van der Waals surface area contributed by atoms with Crippen LogP contribution < -0.4 is 10.1 Å². The van der Waals surface area contributed by atoms with Crippen molar-refractivity contribution < 1.29 is 18.3 Å². The van der Waals surface area contributed by atoms with E-state index in [1.165, 1.54) is 24.6 Å². The third kappa shape index (κ3) is 4.67. The number of piperidine rings is 1. The molecule has 0 bridgehead atoms. The van der Waals surface area contributed by atoms with E-state index in [1.54, 1.807) is 18.0 Å². The lowest BCUT2D eigenvalue weighted by molar-refractivity contribution is -0.0499. The summed E-state index contributed by atoms with van der Waals surface area (Å²) in [5.41, 5.74) is 0.353. The Bertz CT molecular complexity index is 476. The molecule has 1 unspecified atom stereocenters. The highest BCUT2D eigenvalue weighted by atomic mass is 19.3. The Morgan fingerprint density at radius 3 is 2.95 bits per heavy atom. The van der Waals surface area contributed by atoms with Crippen LogP contribution in [0.1, 0.15) is 29.6 Å². The van der Waals surface area contributed by atoms with Crippen LogP contribution in [0, 0.1) is 0 Å². The molecule has 4 nitrogen and oxygen atoms in total. The van der Waals surface area contributed by atoms with Gasteiger partial charge in [-0.2, -0.15) is 8.78 Å². The Balaban J connectivity index is 1.97. The minimum Gasteiger partial charge on any atom is -0.435 e. The van der Waals surface area contributed by atoms with Crippen molar-refractivity contribution in [1.29, 1.82) is 0 Å². The Hall–Kier alpha value is -1.69. The Labute approximate surface area is 123 Å². The summed E-state index contributed by atoms with van der Waals surface area (Å²) in [5.74, 6) is -0.192. The fraction of sp³-hybridized carbons (Fsp3) is 0.533. The fourth-order valence-electron chi connectivity index (χ4n) is 2.52. The zero-order valence-electron chi connectivity index (χ0n) is 12.0. The Morgan fingerprint density at radius 2 is 2.29 bits per heavy atom. The van der Waals surface area contributed by atoms with E-state index in [9.17, 15) is 13.6 Å². The number of hydrogen-bond acceptors (Lipinski definition) is 3. The van der Waals surface area contributed by atoms with Crippen LogP contribution in [-0.2, 0) is 0 Å². The van der Waals surface area contributed by atoms with Gasteiger partial charge in [0.1, 0.15) is 5.75 Å². The van der Waals surface area contributed by atoms with Crippen molar-refractivity contribution in [2.75, 3.05) is 20.1 Å². The Kier molecular flexibility index (Phi) is 5.50. The van der Waals surface area contributed by atoms with Gasteiger partial charge < -0.3 is 15.0 Å². The number of benzene rings is 1. The molecule has 21 heavy (non-hydrogen) atoms. The number of hydrogen-bond donors (Lipinski definition) is 1. The lowest BCUT2D eigenvalue weighted by Crippen LogP contribution is -2.44. The van der Waals surface area contributed by atoms with Gasteiger partial charge >= 0.3 is 6.61 Å². The lowest BCUT2D eigenvalue weighted by atomic mass is 10.0. The third-order valence-corrected chi connectivity index (χ3v) is 3.56. The van der Waals surface area contributed by atoms with E-state index < -0.39 is 6.61 Å². The maximum atomic E-state index is 12.3. The minimum absolute atomic E-state index is 0.0000383. The fourth-order valence-corrected chi connectivity index (χ4v) is 2.52. The highest BCUT2D eigenvalue weighted by Crippen LogP contribution is 2.17. The van der Waals surface area contributed by atoms with Gasteiger partial charge in [0.05, 0.1) is 0 Å². The quantitative estimate of drug-likeness (QED) is 0.908. The molecular formula is C15H20F2N2O2. The second kappa shape index (κ2) is 7.36. The van der Waals surface area contributed by atoms with Crippen molar-refractivity contribution in [3.8, 4) is 5.75 Å². The highest BCUT2D eigenvalue weighted by Gasteiger charge is 2.19. The first-order valence-electron chi connectivity index (χ1n) is 7.10. The monoisotopic (exact) mass is 298 g/mol. The molecule has 1 aromatic carbocycles. The minimum atomic E-state index is -2.89. The predicted octanol–water partition coefficient (Wildman–Crippen LogP) is 2.50. The smallest absolute Gasteiger partial charge is 0.387 e. The summed E-state index contributed by atoms with van der Waals surface area (Å²) in [4.78, 5) is 13.9. The molecule has 0 radical (unpaired) electrons. The Morgan fingerprint density at radius 1 is 1.48 bits per heavy atom. The lowest BCUT2D eigenvalue weighted by Gasteiger charge is -2.28. The summed E-state index contributed by atoms with van der Waals surface area (Å²) in [6.07, 6.45) is 3.38. The molecular weight excluding hydrogens is 278 g/mol. The van der Waals surface area contributed by atoms with E-state index in [2.05, 4.69) is 10.1 Å². The molecule has 0 spiro atoms. The van der Waals surface area contributed by atoms with Gasteiger partial charge in [-0.05, 0) is 37.6 Å². The topological polar surface area (TPSA) is 41.6 Å². The predicted molar refractivity (Wildman–Crippen MR) is 75.7 cm³/mol. The van der Waals surface area contributed by atoms with Gasteiger partial charge in [-0.3, -0.25) is 4.79 Å². The molecule has 1 aliphatic heterocycles. The van der Waals surface area contributed by atoms with Crippen molar-refractivity contribution in [1.82, 2.24) is 10.2 Å². The van der Waals surface area contributed by atoms with Crippen molar-refractivity contribution in [2.45, 2.75) is 31.9 Å². The first-order chi connectivity index (χ1) is 10.1. The van der Waals surface area contributed by atoms with Crippen LogP contribution in [-0.4, -0.2) is 43.6 Å². The molecule has 0 aromatic heterocycles. The van der Waals surface area contributed by atoms with Crippen molar-refractivity contribution in [3.05, 3.63) is 29.8 Å². The molecule has 1 N–H and O–H groups in total. The number of carbonyl (C=O) groups excluding carboxylic acids is 1. The van der Waals surface area contributed by atoms with Gasteiger partial charge in [0.2, 0.25) is 0 Å². The summed E-state index contributed by atoms with van der Waals surface area (Å²) >= 11 is 0. The second-order valence-electron chi connectivity index (χ2n) is 5.24. The van der Waals surface area contributed by atoms with E-state index in [0.29, 0.717) is 18.2 Å². The number of nitrogens with one attached hydrogen (secondary N) is 1. The standard InChI is InChI=1S/C15H20F2N2O2/c1-19(10-12-6-2-3-8-18-12)14(20)11-5-4-7-13(9-11)21-15(16)17/h4-5,7,9,12,15,18H,2-3,6,8,10H2,1H3. The third-order valence-electron chi connectivity index (χ3n) is 3.56. The second-order valence-corrected chi connectivity index (χ2v) is 5.24. The molecule has 1 aromatic rings. The summed E-state index contributed by atoms with van der Waals surface area (Å²) < 4.78 is 28.7. The van der Waals surface area contributed by atoms with Gasteiger partial charge in [-0.25, -0.2) is 0 Å². The highest BCUT2D eigenvalue weighted by molar-refractivity contribution is 5.94. The van der Waals surface area contributed by atoms with Crippen molar-refractivity contribution >= 4 is 5.91 Å². The first-order valence-corrected chi connectivity index (χ1v) is 7.10. The number of ether oxygens (including phenoxy) is 1. The molecule has 1 amide bonds. The zero-order valence-corrected chi connectivity index (χ0v) is 12.0. The van der Waals surface area contributed by atoms with Crippen molar-refractivity contribution in [3.63, 3.8) is 0 Å². The number of halogens is 2. The van der Waals surface area contributed by atoms with Crippen LogP contribution in [0.3, 0.4) is 0 Å². The number of carbonyl (C=O) groups is 1. The molecule has 1 aliphatic rings. The van der Waals surface area contributed by atoms with E-state index >= 15 is 0 Å². The molecule has 0 saturated carbocycles. The molecule has 1 fully saturated rings. The summed E-state index contributed by atoms with van der Waals surface area (Å²) in [6.45, 7) is -1.30. The van der Waals surface area contributed by atoms with Gasteiger partial charge in [-0.15, -0.1) is 0 Å². The van der Waals surface area contributed by atoms with E-state index in [-0.39, 0.29) is 11.7 Å². The molecule has 0 aliphatic carbocycles. The largest absolute Gasteiger partial charge is 0.435 e. The number of likely N-dealkylation sites (N-methyl/N-ethyl adjacent to an activating group) is 1. The average Bonchev–Trinajstić information content (AvgIpc) is 2.47. The molecule has 116 valence electrons. The number of rotatable bonds is 5. The van der Waals surface area contributed by atoms with Crippen LogP contribution in [0.5, 0.6) is 5.75 Å². The van der Waals surface area contributed by atoms with Crippen LogP contribution >= 0.6 is 0 Å². The average molecular weight is 298 g/mol. The summed E-state index contributed by atoms with van der Waals surface area (Å²) in [5, 5.41) is 3.38. The molecule has 2 rings (SSSR count). The number of alkyl halides is 2. The number of amides is 1. The van der Waals surface area contributed by atoms with Gasteiger partial charge in [0.15, 0.2) is 0 Å². The normalized spacial score (nSPS) is 18.6. The van der Waals surface area contributed by atoms with Gasteiger partial charge in [-0.1, -0.05) is 12.5 Å². The van der Waals surface area contributed by atoms with Crippen LogP contribution in [0.25, 0.3) is 0 Å². The molecule has 1 saturated heterocycles. The molecule has 1 atom stereocenters. The first kappa shape index (κ1) is 15.7. The SMILES string of the molecule is CN(CC1CCCCN1)C(=O)c1cccc(OC(F)F)c1. The molecule has 6 heteroatoms. The van der Waals surface area contributed by atoms with Crippen LogP contribution in [0.15, 0.2) is 24.3 Å². The van der Waals surface area contributed by atoms with Crippen LogP contribution in [0.2, 0.25) is 0 Å². The maximum absolute atomic E-state index is 12.3. The van der Waals surface area contributed by atoms with E-state index in [0.717, 1.165) is 19.4 Å². The number of nitrogens with zero attached hydrogens (tertiary/aromatic N) is 1. The zero-order chi connectivity index (χ0) is 15.2. The summed E-state index contributed by atoms with van der Waals surface area (Å²) in [6, 6.07) is 6.20. The van der Waals surface area contributed by atoms with Crippen LogP contribution in [0.4, 0.5) is 8.78 Å². The van der Waals surface area contributed by atoms with E-state index in [1.807, 2.05) is 0 Å². The van der Waals surface area contributed by atoms with Gasteiger partial charge in [0.25, 0.3) is 5.91 Å². The summed E-state index contributed by atoms with van der Waals surface area (Å²) in [7, 11) is 1.72. The maximum Gasteiger partial charge on any atom is 0.387 e. The van der Waals surface area contributed by atoms with Crippen molar-refractivity contribution in [2.24, 2.45) is 0 Å². The van der Waals surface area contributed by atoms with E-state index in [4.69, 9.17) is 0 Å². The van der Waals surface area contributed by atoms with Gasteiger partial charge in [0, 0.05) is 25.2 Å².